The lowest BCUT2D eigenvalue weighted by Crippen LogP contribution is -2.54. The molecule has 0 aromatic carbocycles. The van der Waals surface area contributed by atoms with Crippen molar-refractivity contribution in [3.05, 3.63) is 0 Å². The number of rotatable bonds is 4. The highest BCUT2D eigenvalue weighted by Gasteiger charge is 2.56. The summed E-state index contributed by atoms with van der Waals surface area (Å²) in [5.74, 6) is 0.148. The molecule has 130 valence electrons. The third kappa shape index (κ3) is 3.85. The van der Waals surface area contributed by atoms with Crippen LogP contribution in [0.15, 0.2) is 0 Å². The van der Waals surface area contributed by atoms with Gasteiger partial charge in [-0.1, -0.05) is 34.6 Å². The molecule has 2 N–H and O–H groups in total. The standard InChI is InChI=1S/C17H29N3O3/c1-11(2)8-18-13(21)9-20-14(22)17(19-15(20)23)7-12(3)6-16(4,5)10-17/h11-12H,6-10H2,1-5H3,(H,18,21)(H,19,23)/t12-,17+/m1/s1. The Kier molecular flexibility index (Phi) is 4.74. The summed E-state index contributed by atoms with van der Waals surface area (Å²) < 4.78 is 0. The van der Waals surface area contributed by atoms with Crippen LogP contribution in [0.1, 0.15) is 53.9 Å². The molecule has 1 spiro atoms. The van der Waals surface area contributed by atoms with Gasteiger partial charge in [0.1, 0.15) is 12.1 Å². The van der Waals surface area contributed by atoms with E-state index in [9.17, 15) is 14.4 Å². The fourth-order valence-electron chi connectivity index (χ4n) is 4.17. The SMILES string of the molecule is CC(C)CNC(=O)CN1C(=O)N[C@]2(C[C@H](C)CC(C)(C)C2)C1=O. The first-order valence-corrected chi connectivity index (χ1v) is 8.45. The predicted octanol–water partition coefficient (Wildman–Crippen LogP) is 1.90. The molecule has 2 aliphatic rings. The molecule has 0 aromatic rings. The zero-order valence-electron chi connectivity index (χ0n) is 14.9. The van der Waals surface area contributed by atoms with Gasteiger partial charge >= 0.3 is 6.03 Å². The molecule has 2 rings (SSSR count). The highest BCUT2D eigenvalue weighted by atomic mass is 16.2. The molecule has 1 aliphatic carbocycles. The monoisotopic (exact) mass is 323 g/mol. The van der Waals surface area contributed by atoms with Crippen LogP contribution in [0.25, 0.3) is 0 Å². The summed E-state index contributed by atoms with van der Waals surface area (Å²) in [5, 5.41) is 5.64. The van der Waals surface area contributed by atoms with Gasteiger partial charge in [0.05, 0.1) is 0 Å². The Labute approximate surface area is 138 Å². The molecule has 0 unspecified atom stereocenters. The minimum Gasteiger partial charge on any atom is -0.354 e. The van der Waals surface area contributed by atoms with Crippen LogP contribution in [-0.2, 0) is 9.59 Å². The van der Waals surface area contributed by atoms with Crippen molar-refractivity contribution in [3.8, 4) is 0 Å². The van der Waals surface area contributed by atoms with E-state index < -0.39 is 11.6 Å². The van der Waals surface area contributed by atoms with Gasteiger partial charge in [0.25, 0.3) is 5.91 Å². The average Bonchev–Trinajstić information content (AvgIpc) is 2.58. The first-order chi connectivity index (χ1) is 10.5. The number of carbonyl (C=O) groups excluding carboxylic acids is 3. The summed E-state index contributed by atoms with van der Waals surface area (Å²) in [6.45, 7) is 10.7. The van der Waals surface area contributed by atoms with E-state index in [4.69, 9.17) is 0 Å². The number of hydrogen-bond donors (Lipinski definition) is 2. The third-order valence-electron chi connectivity index (χ3n) is 4.63. The van der Waals surface area contributed by atoms with E-state index in [1.54, 1.807) is 0 Å². The summed E-state index contributed by atoms with van der Waals surface area (Å²) in [4.78, 5) is 38.2. The fraction of sp³-hybridized carbons (Fsp3) is 0.824. The fourth-order valence-corrected chi connectivity index (χ4v) is 4.17. The van der Waals surface area contributed by atoms with Crippen LogP contribution < -0.4 is 10.6 Å². The number of urea groups is 1. The molecule has 1 heterocycles. The smallest absolute Gasteiger partial charge is 0.325 e. The Morgan fingerprint density at radius 1 is 1.35 bits per heavy atom. The Morgan fingerprint density at radius 3 is 2.57 bits per heavy atom. The van der Waals surface area contributed by atoms with Gasteiger partial charge in [-0.15, -0.1) is 0 Å². The van der Waals surface area contributed by atoms with Gasteiger partial charge in [0.15, 0.2) is 0 Å². The van der Waals surface area contributed by atoms with Crippen LogP contribution in [0.2, 0.25) is 0 Å². The van der Waals surface area contributed by atoms with Crippen LogP contribution in [0.5, 0.6) is 0 Å². The number of imide groups is 1. The van der Waals surface area contributed by atoms with Crippen molar-refractivity contribution in [1.82, 2.24) is 15.5 Å². The minimum atomic E-state index is -0.837. The number of carbonyl (C=O) groups is 3. The van der Waals surface area contributed by atoms with Crippen molar-refractivity contribution in [3.63, 3.8) is 0 Å². The molecule has 6 nitrogen and oxygen atoms in total. The summed E-state index contributed by atoms with van der Waals surface area (Å²) in [6.07, 6.45) is 2.30. The normalized spacial score (nSPS) is 30.0. The van der Waals surface area contributed by atoms with E-state index in [0.717, 1.165) is 11.3 Å². The number of nitrogens with zero attached hydrogens (tertiary/aromatic N) is 1. The Bertz CT molecular complexity index is 515. The van der Waals surface area contributed by atoms with Gasteiger partial charge in [0, 0.05) is 6.54 Å². The summed E-state index contributed by atoms with van der Waals surface area (Å²) in [5.41, 5.74) is -0.840. The summed E-state index contributed by atoms with van der Waals surface area (Å²) in [7, 11) is 0. The van der Waals surface area contributed by atoms with Gasteiger partial charge < -0.3 is 10.6 Å². The Balaban J connectivity index is 2.09. The third-order valence-corrected chi connectivity index (χ3v) is 4.63. The highest BCUT2D eigenvalue weighted by Crippen LogP contribution is 2.46. The van der Waals surface area contributed by atoms with Crippen molar-refractivity contribution in [2.24, 2.45) is 17.3 Å². The van der Waals surface area contributed by atoms with Gasteiger partial charge in [-0.05, 0) is 36.5 Å². The topological polar surface area (TPSA) is 78.5 Å². The van der Waals surface area contributed by atoms with E-state index in [0.29, 0.717) is 31.2 Å². The molecule has 0 aromatic heterocycles. The van der Waals surface area contributed by atoms with Crippen LogP contribution >= 0.6 is 0 Å². The van der Waals surface area contributed by atoms with Crippen molar-refractivity contribution >= 4 is 17.8 Å². The van der Waals surface area contributed by atoms with Gasteiger partial charge in [0.2, 0.25) is 5.91 Å². The molecule has 23 heavy (non-hydrogen) atoms. The van der Waals surface area contributed by atoms with E-state index >= 15 is 0 Å². The molecule has 6 heteroatoms. The van der Waals surface area contributed by atoms with Crippen molar-refractivity contribution < 1.29 is 14.4 Å². The van der Waals surface area contributed by atoms with Crippen LogP contribution in [0.3, 0.4) is 0 Å². The number of hydrogen-bond acceptors (Lipinski definition) is 3. The second-order valence-corrected chi connectivity index (χ2v) is 8.46. The first-order valence-electron chi connectivity index (χ1n) is 8.45. The second-order valence-electron chi connectivity index (χ2n) is 8.46. The van der Waals surface area contributed by atoms with Crippen LogP contribution in [-0.4, -0.2) is 41.4 Å². The Hall–Kier alpha value is -1.59. The van der Waals surface area contributed by atoms with Crippen molar-refractivity contribution in [1.29, 1.82) is 0 Å². The van der Waals surface area contributed by atoms with Crippen molar-refractivity contribution in [2.75, 3.05) is 13.1 Å². The maximum atomic E-state index is 12.9. The van der Waals surface area contributed by atoms with Crippen LogP contribution in [0, 0.1) is 17.3 Å². The molecule has 4 amide bonds. The maximum Gasteiger partial charge on any atom is 0.325 e. The van der Waals surface area contributed by atoms with E-state index in [-0.39, 0.29) is 23.8 Å². The lowest BCUT2D eigenvalue weighted by atomic mass is 9.64. The largest absolute Gasteiger partial charge is 0.354 e. The molecular weight excluding hydrogens is 294 g/mol. The summed E-state index contributed by atoms with van der Waals surface area (Å²) in [6, 6.07) is -0.445. The second kappa shape index (κ2) is 6.13. The van der Waals surface area contributed by atoms with Gasteiger partial charge in [-0.2, -0.15) is 0 Å². The quantitative estimate of drug-likeness (QED) is 0.776. The Morgan fingerprint density at radius 2 is 2.00 bits per heavy atom. The molecular formula is C17H29N3O3. The molecule has 0 radical (unpaired) electrons. The number of amides is 4. The number of nitrogens with one attached hydrogen (secondary N) is 2. The van der Waals surface area contributed by atoms with Gasteiger partial charge in [-0.3, -0.25) is 14.5 Å². The average molecular weight is 323 g/mol. The lowest BCUT2D eigenvalue weighted by molar-refractivity contribution is -0.137. The molecule has 2 atom stereocenters. The van der Waals surface area contributed by atoms with E-state index in [1.807, 2.05) is 13.8 Å². The molecule has 1 saturated carbocycles. The zero-order chi connectivity index (χ0) is 17.4. The van der Waals surface area contributed by atoms with Gasteiger partial charge in [-0.25, -0.2) is 4.79 Å². The molecule has 1 aliphatic heterocycles. The van der Waals surface area contributed by atoms with Crippen molar-refractivity contribution in [2.45, 2.75) is 59.4 Å². The first kappa shape index (κ1) is 17.8. The molecule has 0 bridgehead atoms. The maximum absolute atomic E-state index is 12.9. The van der Waals surface area contributed by atoms with E-state index in [2.05, 4.69) is 31.4 Å². The highest BCUT2D eigenvalue weighted by molar-refractivity contribution is 6.09. The zero-order valence-corrected chi connectivity index (χ0v) is 14.9. The molecule has 2 fully saturated rings. The van der Waals surface area contributed by atoms with Crippen LogP contribution in [0.4, 0.5) is 4.79 Å². The van der Waals surface area contributed by atoms with E-state index in [1.165, 1.54) is 0 Å². The predicted molar refractivity (Wildman–Crippen MR) is 87.6 cm³/mol. The lowest BCUT2D eigenvalue weighted by Gasteiger charge is -2.43. The minimum absolute atomic E-state index is 0.00345. The molecule has 1 saturated heterocycles. The summed E-state index contributed by atoms with van der Waals surface area (Å²) >= 11 is 0.